The molecule has 1 heterocycles. The van der Waals surface area contributed by atoms with Crippen LogP contribution in [-0.2, 0) is 12.8 Å². The summed E-state index contributed by atoms with van der Waals surface area (Å²) in [4.78, 5) is 28.2. The van der Waals surface area contributed by atoms with Crippen molar-refractivity contribution < 1.29 is 9.72 Å². The van der Waals surface area contributed by atoms with E-state index in [0.717, 1.165) is 29.8 Å². The van der Waals surface area contributed by atoms with Crippen molar-refractivity contribution in [1.82, 2.24) is 4.98 Å². The summed E-state index contributed by atoms with van der Waals surface area (Å²) in [6, 6.07) is 4.34. The molecule has 0 saturated carbocycles. The van der Waals surface area contributed by atoms with Crippen molar-refractivity contribution in [1.29, 1.82) is 0 Å². The smallest absolute Gasteiger partial charge is 0.269 e. The monoisotopic (exact) mass is 332 g/mol. The Hall–Kier alpha value is -2.32. The third kappa shape index (κ3) is 3.22. The Morgan fingerprint density at radius 1 is 1.52 bits per heavy atom. The van der Waals surface area contributed by atoms with Gasteiger partial charge in [0.1, 0.15) is 0 Å². The fourth-order valence-corrected chi connectivity index (χ4v) is 3.73. The summed E-state index contributed by atoms with van der Waals surface area (Å²) in [7, 11) is 0. The summed E-state index contributed by atoms with van der Waals surface area (Å²) >= 11 is 1.44. The molecule has 1 aliphatic carbocycles. The molecule has 0 aliphatic heterocycles. The minimum absolute atomic E-state index is 0.0299. The molecule has 0 bridgehead atoms. The Kier molecular flexibility index (Phi) is 4.10. The molecule has 1 aliphatic rings. The molecule has 0 spiro atoms. The second-order valence-corrected chi connectivity index (χ2v) is 6.69. The summed E-state index contributed by atoms with van der Waals surface area (Å²) in [5.41, 5.74) is 7.88. The van der Waals surface area contributed by atoms with E-state index in [1.807, 2.05) is 0 Å². The number of hydrogen-bond acceptors (Lipinski definition) is 6. The number of benzene rings is 1. The molecule has 2 aromatic rings. The molecule has 3 rings (SSSR count). The van der Waals surface area contributed by atoms with Crippen molar-refractivity contribution in [2.45, 2.75) is 32.2 Å². The lowest BCUT2D eigenvalue weighted by molar-refractivity contribution is -0.384. The summed E-state index contributed by atoms with van der Waals surface area (Å²) < 4.78 is 0. The normalized spacial score (nSPS) is 16.7. The zero-order valence-electron chi connectivity index (χ0n) is 12.5. The number of amides is 1. The third-order valence-electron chi connectivity index (χ3n) is 3.86. The lowest BCUT2D eigenvalue weighted by atomic mass is 9.99. The molecule has 1 atom stereocenters. The maximum absolute atomic E-state index is 12.4. The van der Waals surface area contributed by atoms with Crippen LogP contribution in [0.3, 0.4) is 0 Å². The van der Waals surface area contributed by atoms with Crippen molar-refractivity contribution in [3.05, 3.63) is 50.0 Å². The number of fused-ring (bicyclic) bond motifs is 1. The summed E-state index contributed by atoms with van der Waals surface area (Å²) in [5, 5.41) is 14.1. The van der Waals surface area contributed by atoms with E-state index in [2.05, 4.69) is 10.3 Å². The maximum Gasteiger partial charge on any atom is 0.269 e. The van der Waals surface area contributed by atoms with Gasteiger partial charge in [0.2, 0.25) is 0 Å². The molecule has 1 amide bonds. The van der Waals surface area contributed by atoms with Crippen LogP contribution in [0.4, 0.5) is 10.8 Å². The number of nitrogens with one attached hydrogen (secondary N) is 1. The van der Waals surface area contributed by atoms with E-state index in [4.69, 9.17) is 5.73 Å². The van der Waals surface area contributed by atoms with Crippen molar-refractivity contribution in [2.75, 3.05) is 5.32 Å². The van der Waals surface area contributed by atoms with Crippen LogP contribution in [0.2, 0.25) is 0 Å². The molecule has 1 aromatic heterocycles. The van der Waals surface area contributed by atoms with E-state index >= 15 is 0 Å². The molecule has 120 valence electrons. The second kappa shape index (κ2) is 6.05. The minimum Gasteiger partial charge on any atom is -0.327 e. The number of carbonyl (C=O) groups excluding carboxylic acids is 1. The van der Waals surface area contributed by atoms with Crippen LogP contribution >= 0.6 is 11.3 Å². The minimum atomic E-state index is -0.479. The molecule has 0 saturated heterocycles. The Balaban J connectivity index is 1.78. The van der Waals surface area contributed by atoms with Gasteiger partial charge in [0.25, 0.3) is 11.6 Å². The number of nitro benzene ring substituents is 1. The van der Waals surface area contributed by atoms with Crippen LogP contribution in [0, 0.1) is 17.0 Å². The fraction of sp³-hybridized carbons (Fsp3) is 0.333. The van der Waals surface area contributed by atoms with Gasteiger partial charge < -0.3 is 5.73 Å². The highest BCUT2D eigenvalue weighted by atomic mass is 32.1. The lowest BCUT2D eigenvalue weighted by Crippen LogP contribution is -2.27. The lowest BCUT2D eigenvalue weighted by Gasteiger charge is -2.15. The fourth-order valence-electron chi connectivity index (χ4n) is 2.63. The maximum atomic E-state index is 12.4. The number of rotatable bonds is 3. The highest BCUT2D eigenvalue weighted by molar-refractivity contribution is 7.15. The molecule has 0 unspecified atom stereocenters. The molecule has 0 radical (unpaired) electrons. The van der Waals surface area contributed by atoms with Gasteiger partial charge in [-0.3, -0.25) is 20.2 Å². The van der Waals surface area contributed by atoms with Crippen molar-refractivity contribution >= 4 is 28.1 Å². The van der Waals surface area contributed by atoms with Crippen LogP contribution in [0.1, 0.15) is 32.9 Å². The van der Waals surface area contributed by atoms with Crippen molar-refractivity contribution in [3.8, 4) is 0 Å². The first-order valence-corrected chi connectivity index (χ1v) is 8.06. The molecular formula is C15H16N4O3S. The largest absolute Gasteiger partial charge is 0.327 e. The van der Waals surface area contributed by atoms with E-state index in [9.17, 15) is 14.9 Å². The van der Waals surface area contributed by atoms with Gasteiger partial charge in [0, 0.05) is 28.6 Å². The molecule has 23 heavy (non-hydrogen) atoms. The number of aryl methyl sites for hydroxylation is 2. The molecule has 3 N–H and O–H groups in total. The quantitative estimate of drug-likeness (QED) is 0.662. The average molecular weight is 332 g/mol. The van der Waals surface area contributed by atoms with E-state index in [1.54, 1.807) is 6.92 Å². The second-order valence-electron chi connectivity index (χ2n) is 5.60. The summed E-state index contributed by atoms with van der Waals surface area (Å²) in [6.45, 7) is 1.67. The topological polar surface area (TPSA) is 111 Å². The predicted molar refractivity (Wildman–Crippen MR) is 87.9 cm³/mol. The average Bonchev–Trinajstić information content (AvgIpc) is 2.88. The number of anilines is 1. The number of thiazole rings is 1. The van der Waals surface area contributed by atoms with Gasteiger partial charge in [-0.05, 0) is 37.8 Å². The van der Waals surface area contributed by atoms with Crippen LogP contribution in [0.5, 0.6) is 0 Å². The van der Waals surface area contributed by atoms with E-state index in [0.29, 0.717) is 16.3 Å². The van der Waals surface area contributed by atoms with E-state index in [1.165, 1.54) is 29.5 Å². The third-order valence-corrected chi connectivity index (χ3v) is 4.90. The number of carbonyl (C=O) groups is 1. The molecule has 8 heteroatoms. The Bertz CT molecular complexity index is 787. The molecule has 0 fully saturated rings. The standard InChI is InChI=1S/C15H16N4O3S/c1-8-6-10(19(21)22)3-4-11(8)14(20)18-15-17-12-5-2-9(16)7-13(12)23-15/h3-4,6,9H,2,5,7,16H2,1H3,(H,17,18,20)/t9-/m0/s1. The highest BCUT2D eigenvalue weighted by Crippen LogP contribution is 2.29. The van der Waals surface area contributed by atoms with Gasteiger partial charge in [-0.2, -0.15) is 0 Å². The zero-order valence-corrected chi connectivity index (χ0v) is 13.4. The Labute approximate surface area is 136 Å². The number of nitro groups is 1. The number of nitrogens with zero attached hydrogens (tertiary/aromatic N) is 2. The molecule has 1 aromatic carbocycles. The van der Waals surface area contributed by atoms with Gasteiger partial charge in [-0.15, -0.1) is 11.3 Å². The summed E-state index contributed by atoms with van der Waals surface area (Å²) in [5.74, 6) is -0.312. The van der Waals surface area contributed by atoms with Crippen LogP contribution in [0.15, 0.2) is 18.2 Å². The molecular weight excluding hydrogens is 316 g/mol. The molecule has 7 nitrogen and oxygen atoms in total. The van der Waals surface area contributed by atoms with Crippen LogP contribution < -0.4 is 11.1 Å². The van der Waals surface area contributed by atoms with Gasteiger partial charge in [-0.25, -0.2) is 4.98 Å². The number of non-ortho nitro benzene ring substituents is 1. The predicted octanol–water partition coefficient (Wildman–Crippen LogP) is 2.43. The number of hydrogen-bond donors (Lipinski definition) is 2. The van der Waals surface area contributed by atoms with E-state index in [-0.39, 0.29) is 17.6 Å². The van der Waals surface area contributed by atoms with E-state index < -0.39 is 4.92 Å². The van der Waals surface area contributed by atoms with Gasteiger partial charge in [0.05, 0.1) is 10.6 Å². The van der Waals surface area contributed by atoms with Gasteiger partial charge >= 0.3 is 0 Å². The van der Waals surface area contributed by atoms with Gasteiger partial charge in [-0.1, -0.05) is 0 Å². The van der Waals surface area contributed by atoms with Crippen molar-refractivity contribution in [2.24, 2.45) is 5.73 Å². The summed E-state index contributed by atoms with van der Waals surface area (Å²) in [6.07, 6.45) is 2.53. The zero-order chi connectivity index (χ0) is 16.6. The van der Waals surface area contributed by atoms with Gasteiger partial charge in [0.15, 0.2) is 5.13 Å². The van der Waals surface area contributed by atoms with Crippen LogP contribution in [0.25, 0.3) is 0 Å². The Morgan fingerprint density at radius 2 is 2.30 bits per heavy atom. The van der Waals surface area contributed by atoms with Crippen LogP contribution in [-0.4, -0.2) is 21.9 Å². The first-order valence-electron chi connectivity index (χ1n) is 7.24. The first-order chi connectivity index (χ1) is 10.9. The number of nitrogens with two attached hydrogens (primary N) is 1. The Morgan fingerprint density at radius 3 is 3.00 bits per heavy atom. The van der Waals surface area contributed by atoms with Crippen molar-refractivity contribution in [3.63, 3.8) is 0 Å². The first kappa shape index (κ1) is 15.6. The SMILES string of the molecule is Cc1cc([N+](=O)[O-])ccc1C(=O)Nc1nc2c(s1)C[C@@H](N)CC2. The highest BCUT2D eigenvalue weighted by Gasteiger charge is 2.21. The number of aromatic nitrogens is 1.